The van der Waals surface area contributed by atoms with E-state index in [2.05, 4.69) is 25.7 Å². The molecule has 10 nitrogen and oxygen atoms in total. The molecule has 188 valence electrons. The molecule has 1 fully saturated rings. The van der Waals surface area contributed by atoms with Crippen LogP contribution in [0.4, 0.5) is 30.6 Å². The van der Waals surface area contributed by atoms with E-state index in [-0.39, 0.29) is 30.1 Å². The number of piperidine rings is 1. The Morgan fingerprint density at radius 3 is 2.71 bits per heavy atom. The summed E-state index contributed by atoms with van der Waals surface area (Å²) in [6, 6.07) is 0. The summed E-state index contributed by atoms with van der Waals surface area (Å²) >= 11 is 0. The summed E-state index contributed by atoms with van der Waals surface area (Å²) in [5, 5.41) is 9.96. The predicted octanol–water partition coefficient (Wildman–Crippen LogP) is 2.82. The molecule has 0 unspecified atom stereocenters. The maximum absolute atomic E-state index is 13.5. The monoisotopic (exact) mass is 484 g/mol. The SMILES string of the molecule is COc1nn(CCN(C)C)cc1Nc1ncc(C(F)(F)F)c(NCCCN2CCCCC2=O)n1. The number of carbonyl (C=O) groups excluding carboxylic acids is 1. The largest absolute Gasteiger partial charge is 0.478 e. The topological polar surface area (TPSA) is 100 Å². The Hall–Kier alpha value is -3.09. The molecule has 1 saturated heterocycles. The van der Waals surface area contributed by atoms with Crippen molar-refractivity contribution in [3.63, 3.8) is 0 Å². The van der Waals surface area contributed by atoms with Crippen LogP contribution in [0.3, 0.4) is 0 Å². The summed E-state index contributed by atoms with van der Waals surface area (Å²) in [6.45, 7) is 2.77. The lowest BCUT2D eigenvalue weighted by molar-refractivity contribution is -0.137. The summed E-state index contributed by atoms with van der Waals surface area (Å²) in [5.41, 5.74) is -0.517. The Balaban J connectivity index is 1.69. The van der Waals surface area contributed by atoms with Gasteiger partial charge in [-0.2, -0.15) is 18.2 Å². The van der Waals surface area contributed by atoms with Gasteiger partial charge in [-0.3, -0.25) is 9.48 Å². The van der Waals surface area contributed by atoms with Gasteiger partial charge in [-0.15, -0.1) is 5.10 Å². The second-order valence-corrected chi connectivity index (χ2v) is 8.32. The smallest absolute Gasteiger partial charge is 0.421 e. The molecular weight excluding hydrogens is 453 g/mol. The molecule has 13 heteroatoms. The number of carbonyl (C=O) groups is 1. The molecule has 0 saturated carbocycles. The first-order valence-electron chi connectivity index (χ1n) is 11.2. The van der Waals surface area contributed by atoms with Gasteiger partial charge in [0.05, 0.1) is 19.9 Å². The van der Waals surface area contributed by atoms with Gasteiger partial charge in [-0.25, -0.2) is 4.98 Å². The molecule has 0 aromatic carbocycles. The molecule has 0 atom stereocenters. The number of nitrogens with one attached hydrogen (secondary N) is 2. The van der Waals surface area contributed by atoms with Gasteiger partial charge in [0.15, 0.2) is 0 Å². The van der Waals surface area contributed by atoms with Crippen LogP contribution in [0.2, 0.25) is 0 Å². The zero-order valence-corrected chi connectivity index (χ0v) is 19.7. The van der Waals surface area contributed by atoms with Crippen molar-refractivity contribution in [3.05, 3.63) is 18.0 Å². The van der Waals surface area contributed by atoms with Crippen LogP contribution in [0.5, 0.6) is 5.88 Å². The van der Waals surface area contributed by atoms with Gasteiger partial charge in [0, 0.05) is 38.8 Å². The number of anilines is 3. The molecule has 3 heterocycles. The third-order valence-corrected chi connectivity index (χ3v) is 5.36. The maximum atomic E-state index is 13.5. The highest BCUT2D eigenvalue weighted by Crippen LogP contribution is 2.34. The average Bonchev–Trinajstić information content (AvgIpc) is 3.17. The quantitative estimate of drug-likeness (QED) is 0.470. The highest BCUT2D eigenvalue weighted by Gasteiger charge is 2.35. The van der Waals surface area contributed by atoms with Gasteiger partial charge in [0.1, 0.15) is 17.1 Å². The minimum absolute atomic E-state index is 0.0211. The van der Waals surface area contributed by atoms with E-state index in [1.165, 1.54) is 7.11 Å². The van der Waals surface area contributed by atoms with E-state index in [1.54, 1.807) is 15.8 Å². The van der Waals surface area contributed by atoms with Crippen molar-refractivity contribution in [2.24, 2.45) is 0 Å². The summed E-state index contributed by atoms with van der Waals surface area (Å²) in [4.78, 5) is 23.5. The number of likely N-dealkylation sites (N-methyl/N-ethyl adjacent to an activating group) is 1. The van der Waals surface area contributed by atoms with Gasteiger partial charge in [0.2, 0.25) is 11.9 Å². The first-order chi connectivity index (χ1) is 16.2. The number of hydrogen-bond acceptors (Lipinski definition) is 8. The number of halogens is 3. The normalized spacial score (nSPS) is 14.6. The van der Waals surface area contributed by atoms with Crippen LogP contribution in [-0.2, 0) is 17.5 Å². The van der Waals surface area contributed by atoms with Crippen LogP contribution in [-0.4, -0.2) is 82.8 Å². The van der Waals surface area contributed by atoms with Crippen molar-refractivity contribution in [2.75, 3.05) is 58.0 Å². The number of likely N-dealkylation sites (tertiary alicyclic amines) is 1. The summed E-state index contributed by atoms with van der Waals surface area (Å²) in [7, 11) is 5.33. The number of aromatic nitrogens is 4. The molecule has 34 heavy (non-hydrogen) atoms. The Kier molecular flexibility index (Phi) is 8.53. The number of hydrogen-bond donors (Lipinski definition) is 2. The number of rotatable bonds is 11. The number of alkyl halides is 3. The lowest BCUT2D eigenvalue weighted by atomic mass is 10.1. The number of methoxy groups -OCH3 is 1. The zero-order valence-electron chi connectivity index (χ0n) is 19.7. The number of ether oxygens (including phenoxy) is 1. The van der Waals surface area contributed by atoms with Gasteiger partial charge in [-0.05, 0) is 33.4 Å². The number of nitrogens with zero attached hydrogens (tertiary/aromatic N) is 6. The second-order valence-electron chi connectivity index (χ2n) is 8.32. The second kappa shape index (κ2) is 11.4. The van der Waals surface area contributed by atoms with Gasteiger partial charge < -0.3 is 25.2 Å². The van der Waals surface area contributed by atoms with E-state index < -0.39 is 11.7 Å². The molecule has 0 spiro atoms. The van der Waals surface area contributed by atoms with Crippen molar-refractivity contribution in [1.29, 1.82) is 0 Å². The van der Waals surface area contributed by atoms with Crippen LogP contribution in [0.15, 0.2) is 12.4 Å². The minimum atomic E-state index is -4.61. The fourth-order valence-corrected chi connectivity index (χ4v) is 3.54. The van der Waals surface area contributed by atoms with E-state index in [4.69, 9.17) is 4.74 Å². The molecule has 1 amide bonds. The lowest BCUT2D eigenvalue weighted by Crippen LogP contribution is -2.36. The lowest BCUT2D eigenvalue weighted by Gasteiger charge is -2.26. The summed E-state index contributed by atoms with van der Waals surface area (Å²) in [5.74, 6) is 0.0277. The van der Waals surface area contributed by atoms with Crippen molar-refractivity contribution in [2.45, 2.75) is 38.4 Å². The molecule has 0 aliphatic carbocycles. The first-order valence-corrected chi connectivity index (χ1v) is 11.2. The van der Waals surface area contributed by atoms with Crippen molar-refractivity contribution in [1.82, 2.24) is 29.5 Å². The minimum Gasteiger partial charge on any atom is -0.478 e. The Morgan fingerprint density at radius 2 is 2.03 bits per heavy atom. The van der Waals surface area contributed by atoms with E-state index in [0.29, 0.717) is 38.2 Å². The highest BCUT2D eigenvalue weighted by atomic mass is 19.4. The Labute approximate surface area is 196 Å². The third kappa shape index (κ3) is 6.95. The summed E-state index contributed by atoms with van der Waals surface area (Å²) < 4.78 is 47.4. The molecule has 0 radical (unpaired) electrons. The van der Waals surface area contributed by atoms with E-state index in [0.717, 1.165) is 25.6 Å². The molecule has 1 aliphatic rings. The van der Waals surface area contributed by atoms with Crippen molar-refractivity contribution < 1.29 is 22.7 Å². The standard InChI is InChI=1S/C21H31F3N8O2/c1-30(2)11-12-32-14-16(19(29-32)34-3)27-20-26-13-15(21(22,23)24)18(28-20)25-8-6-10-31-9-5-4-7-17(31)33/h13-14H,4-12H2,1-3H3,(H2,25,26,27,28). The number of amides is 1. The third-order valence-electron chi connectivity index (χ3n) is 5.36. The summed E-state index contributed by atoms with van der Waals surface area (Å²) in [6.07, 6.45) is 0.690. The van der Waals surface area contributed by atoms with Crippen LogP contribution in [0.1, 0.15) is 31.2 Å². The molecule has 0 bridgehead atoms. The van der Waals surface area contributed by atoms with E-state index >= 15 is 0 Å². The van der Waals surface area contributed by atoms with Gasteiger partial charge in [0.25, 0.3) is 5.88 Å². The molecule has 2 aromatic heterocycles. The van der Waals surface area contributed by atoms with Gasteiger partial charge in [-0.1, -0.05) is 0 Å². The van der Waals surface area contributed by atoms with E-state index in [1.807, 2.05) is 19.0 Å². The van der Waals surface area contributed by atoms with Crippen LogP contribution < -0.4 is 15.4 Å². The predicted molar refractivity (Wildman–Crippen MR) is 121 cm³/mol. The van der Waals surface area contributed by atoms with Crippen molar-refractivity contribution >= 4 is 23.4 Å². The average molecular weight is 485 g/mol. The molecule has 3 rings (SSSR count). The first kappa shape index (κ1) is 25.5. The van der Waals surface area contributed by atoms with Crippen LogP contribution in [0.25, 0.3) is 0 Å². The maximum Gasteiger partial charge on any atom is 0.421 e. The Morgan fingerprint density at radius 1 is 1.24 bits per heavy atom. The molecule has 2 aromatic rings. The molecule has 2 N–H and O–H groups in total. The Bertz CT molecular complexity index is 964. The highest BCUT2D eigenvalue weighted by molar-refractivity contribution is 5.76. The van der Waals surface area contributed by atoms with Crippen LogP contribution >= 0.6 is 0 Å². The molecule has 1 aliphatic heterocycles. The van der Waals surface area contributed by atoms with Crippen LogP contribution in [0, 0.1) is 0 Å². The fourth-order valence-electron chi connectivity index (χ4n) is 3.54. The van der Waals surface area contributed by atoms with Crippen molar-refractivity contribution in [3.8, 4) is 5.88 Å². The van der Waals surface area contributed by atoms with E-state index in [9.17, 15) is 18.0 Å². The fraction of sp³-hybridized carbons (Fsp3) is 0.619. The zero-order chi connectivity index (χ0) is 24.7. The van der Waals surface area contributed by atoms with Gasteiger partial charge >= 0.3 is 6.18 Å². The molecular formula is C21H31F3N8O2.